The maximum absolute atomic E-state index is 13.8. The highest BCUT2D eigenvalue weighted by Gasteiger charge is 2.56. The Morgan fingerprint density at radius 1 is 1.23 bits per heavy atom. The number of allylic oxidation sites excluding steroid dienone is 1. The molecule has 4 heterocycles. The third-order valence-corrected chi connectivity index (χ3v) is 9.47. The molecule has 0 aliphatic carbocycles. The average molecular weight is 574 g/mol. The van der Waals surface area contributed by atoms with Gasteiger partial charge in [0.15, 0.2) is 11.7 Å². The number of carbonyl (C=O) groups is 1. The van der Waals surface area contributed by atoms with Crippen molar-refractivity contribution in [2.24, 2.45) is 5.92 Å². The maximum atomic E-state index is 13.8. The van der Waals surface area contributed by atoms with Crippen molar-refractivity contribution in [1.29, 1.82) is 0 Å². The van der Waals surface area contributed by atoms with E-state index in [0.717, 1.165) is 16.8 Å². The van der Waals surface area contributed by atoms with E-state index < -0.39 is 43.5 Å². The van der Waals surface area contributed by atoms with Crippen LogP contribution in [0.5, 0.6) is 0 Å². The standard InChI is InChI=1S/C28H36N3O8P/c1-6-20(23-17(2)25(29)31-16-30-23)19-12-28(5)24(36-26(32)37-28)22(34-14-19)15-35-40(33)38-21(13-27(3,4)39-40)18-10-8-7-9-11-18/h6-11,16,19-22,24H,1,12-15H2,2-5H3,(H2,29,30,31)/t19?,20?,21-,22+,24+,28-,40+/m0/s1. The lowest BCUT2D eigenvalue weighted by Crippen LogP contribution is -2.46. The largest absolute Gasteiger partial charge is 0.509 e. The van der Waals surface area contributed by atoms with Gasteiger partial charge in [-0.05, 0) is 45.6 Å². The molecule has 2 aromatic rings. The number of nitrogens with two attached hydrogens (primary N) is 1. The highest BCUT2D eigenvalue weighted by molar-refractivity contribution is 7.48. The van der Waals surface area contributed by atoms with E-state index in [9.17, 15) is 9.36 Å². The second-order valence-electron chi connectivity index (χ2n) is 11.4. The summed E-state index contributed by atoms with van der Waals surface area (Å²) in [6.45, 7) is 11.4. The van der Waals surface area contributed by atoms with Gasteiger partial charge >= 0.3 is 14.0 Å². The monoisotopic (exact) mass is 573 g/mol. The molecule has 12 heteroatoms. The van der Waals surface area contributed by atoms with E-state index in [0.29, 0.717) is 18.7 Å². The third-order valence-electron chi connectivity index (χ3n) is 7.77. The molecular formula is C28H36N3O8P. The van der Waals surface area contributed by atoms with Crippen LogP contribution < -0.4 is 5.73 Å². The van der Waals surface area contributed by atoms with Gasteiger partial charge in [-0.25, -0.2) is 19.3 Å². The minimum absolute atomic E-state index is 0.197. The molecule has 40 heavy (non-hydrogen) atoms. The smallest absolute Gasteiger partial charge is 0.424 e. The van der Waals surface area contributed by atoms with Crippen LogP contribution in [0, 0.1) is 12.8 Å². The fourth-order valence-corrected chi connectivity index (χ4v) is 7.49. The Balaban J connectivity index is 1.36. The lowest BCUT2D eigenvalue weighted by Gasteiger charge is -2.39. The molecule has 0 spiro atoms. The van der Waals surface area contributed by atoms with Gasteiger partial charge in [-0.2, -0.15) is 0 Å². The topological polar surface area (TPSA) is 141 Å². The number of phosphoric ester groups is 1. The summed E-state index contributed by atoms with van der Waals surface area (Å²) in [4.78, 5) is 20.9. The van der Waals surface area contributed by atoms with Crippen LogP contribution in [0.2, 0.25) is 0 Å². The fraction of sp³-hybridized carbons (Fsp3) is 0.536. The number of aromatic nitrogens is 2. The van der Waals surface area contributed by atoms with Gasteiger partial charge in [0.1, 0.15) is 18.2 Å². The van der Waals surface area contributed by atoms with Crippen LogP contribution in [0.15, 0.2) is 49.3 Å². The molecule has 3 saturated heterocycles. The van der Waals surface area contributed by atoms with Crippen molar-refractivity contribution in [2.75, 3.05) is 18.9 Å². The number of hydrogen-bond donors (Lipinski definition) is 1. The molecule has 0 bridgehead atoms. The summed E-state index contributed by atoms with van der Waals surface area (Å²) in [6.07, 6.45) is 1.18. The normalized spacial score (nSPS) is 34.1. The lowest BCUT2D eigenvalue weighted by atomic mass is 9.79. The molecule has 2 unspecified atom stereocenters. The first-order chi connectivity index (χ1) is 18.9. The minimum Gasteiger partial charge on any atom is -0.424 e. The number of ether oxygens (including phenoxy) is 3. The molecule has 3 aliphatic heterocycles. The molecule has 0 saturated carbocycles. The van der Waals surface area contributed by atoms with E-state index in [4.69, 9.17) is 33.5 Å². The fourth-order valence-electron chi connectivity index (χ4n) is 5.82. The van der Waals surface area contributed by atoms with Gasteiger partial charge in [0, 0.05) is 17.9 Å². The summed E-state index contributed by atoms with van der Waals surface area (Å²) in [5, 5.41) is 0. The summed E-state index contributed by atoms with van der Waals surface area (Å²) in [6, 6.07) is 9.52. The molecule has 2 N–H and O–H groups in total. The van der Waals surface area contributed by atoms with E-state index >= 15 is 0 Å². The van der Waals surface area contributed by atoms with Crippen LogP contribution in [0.1, 0.15) is 62.5 Å². The van der Waals surface area contributed by atoms with Crippen molar-refractivity contribution in [2.45, 2.75) is 76.0 Å². The number of benzene rings is 1. The van der Waals surface area contributed by atoms with E-state index in [1.165, 1.54) is 6.33 Å². The zero-order chi connectivity index (χ0) is 28.7. The van der Waals surface area contributed by atoms with E-state index in [-0.39, 0.29) is 25.0 Å². The van der Waals surface area contributed by atoms with Crippen molar-refractivity contribution in [3.8, 4) is 0 Å². The van der Waals surface area contributed by atoms with Crippen LogP contribution in [0.3, 0.4) is 0 Å². The Morgan fingerprint density at radius 3 is 2.70 bits per heavy atom. The Labute approximate surface area is 234 Å². The van der Waals surface area contributed by atoms with Gasteiger partial charge in [-0.3, -0.25) is 13.6 Å². The lowest BCUT2D eigenvalue weighted by molar-refractivity contribution is -0.0907. The van der Waals surface area contributed by atoms with Crippen LogP contribution in [0.25, 0.3) is 0 Å². The molecule has 5 rings (SSSR count). The summed E-state index contributed by atoms with van der Waals surface area (Å²) < 4.78 is 48.9. The van der Waals surface area contributed by atoms with Crippen molar-refractivity contribution >= 4 is 19.8 Å². The van der Waals surface area contributed by atoms with Gasteiger partial charge < -0.3 is 19.9 Å². The summed E-state index contributed by atoms with van der Waals surface area (Å²) in [5.74, 6) is -0.0825. The first-order valence-electron chi connectivity index (χ1n) is 13.3. The van der Waals surface area contributed by atoms with E-state index in [2.05, 4.69) is 16.5 Å². The van der Waals surface area contributed by atoms with Crippen LogP contribution in [-0.4, -0.2) is 52.7 Å². The maximum Gasteiger partial charge on any atom is 0.509 e. The van der Waals surface area contributed by atoms with Crippen molar-refractivity contribution in [1.82, 2.24) is 9.97 Å². The van der Waals surface area contributed by atoms with Crippen LogP contribution >= 0.6 is 7.82 Å². The molecule has 0 amide bonds. The molecular weight excluding hydrogens is 537 g/mol. The number of phosphoric acid groups is 1. The van der Waals surface area contributed by atoms with Crippen molar-refractivity contribution < 1.29 is 37.1 Å². The minimum atomic E-state index is -4.02. The second-order valence-corrected chi connectivity index (χ2v) is 12.9. The third kappa shape index (κ3) is 5.80. The predicted molar refractivity (Wildman–Crippen MR) is 145 cm³/mol. The van der Waals surface area contributed by atoms with Crippen molar-refractivity contribution in [3.63, 3.8) is 0 Å². The van der Waals surface area contributed by atoms with Gasteiger partial charge in [-0.1, -0.05) is 36.4 Å². The Bertz CT molecular complexity index is 1310. The number of fused-ring (bicyclic) bond motifs is 1. The SMILES string of the molecule is C=CC(c1ncnc(N)c1C)C1CO[C@H](CO[P@]2(=O)O[C@H](c3ccccc3)CC(C)(C)O2)[C@H]2OC(=O)O[C@@]2(C)C1. The van der Waals surface area contributed by atoms with Gasteiger partial charge in [0.2, 0.25) is 0 Å². The van der Waals surface area contributed by atoms with Gasteiger partial charge in [-0.15, -0.1) is 6.58 Å². The Morgan fingerprint density at radius 2 is 1.98 bits per heavy atom. The highest BCUT2D eigenvalue weighted by Crippen LogP contribution is 2.61. The molecule has 11 nitrogen and oxygen atoms in total. The number of hydrogen-bond acceptors (Lipinski definition) is 11. The summed E-state index contributed by atoms with van der Waals surface area (Å²) in [7, 11) is -4.02. The Hall–Kier alpha value is -2.82. The van der Waals surface area contributed by atoms with Crippen LogP contribution in [-0.2, 0) is 32.3 Å². The quantitative estimate of drug-likeness (QED) is 0.258. The second kappa shape index (κ2) is 10.9. The molecule has 1 aromatic carbocycles. The molecule has 1 aromatic heterocycles. The van der Waals surface area contributed by atoms with Gasteiger partial charge in [0.05, 0.1) is 30.6 Å². The predicted octanol–water partition coefficient (Wildman–Crippen LogP) is 5.42. The number of anilines is 1. The molecule has 216 valence electrons. The first-order valence-corrected chi connectivity index (χ1v) is 14.8. The molecule has 3 fully saturated rings. The first kappa shape index (κ1) is 28.7. The number of nitrogen functional groups attached to an aromatic ring is 1. The molecule has 7 atom stereocenters. The highest BCUT2D eigenvalue weighted by atomic mass is 31.2. The molecule has 0 radical (unpaired) electrons. The van der Waals surface area contributed by atoms with E-state index in [1.54, 1.807) is 13.0 Å². The van der Waals surface area contributed by atoms with Crippen LogP contribution in [0.4, 0.5) is 10.6 Å². The average Bonchev–Trinajstić information content (AvgIpc) is 3.12. The van der Waals surface area contributed by atoms with Gasteiger partial charge in [0.25, 0.3) is 0 Å². The zero-order valence-corrected chi connectivity index (χ0v) is 24.0. The Kier molecular flexibility index (Phi) is 7.80. The van der Waals surface area contributed by atoms with E-state index in [1.807, 2.05) is 51.1 Å². The van der Waals surface area contributed by atoms with Crippen molar-refractivity contribution in [3.05, 3.63) is 66.1 Å². The number of rotatable bonds is 7. The summed E-state index contributed by atoms with van der Waals surface area (Å²) in [5.41, 5.74) is 6.57. The molecule has 3 aliphatic rings. The summed E-state index contributed by atoms with van der Waals surface area (Å²) >= 11 is 0. The number of carbonyl (C=O) groups excluding carboxylic acids is 1. The number of nitrogens with zero attached hydrogens (tertiary/aromatic N) is 2. The zero-order valence-electron chi connectivity index (χ0n) is 23.1.